The van der Waals surface area contributed by atoms with Crippen LogP contribution < -0.4 is 0 Å². The fourth-order valence-electron chi connectivity index (χ4n) is 3.37. The third-order valence-corrected chi connectivity index (χ3v) is 6.24. The van der Waals surface area contributed by atoms with E-state index < -0.39 is 7.82 Å². The maximum atomic E-state index is 8.88. The largest absolute Gasteiger partial charge is 0.466 e. The minimum absolute atomic E-state index is 0.353. The van der Waals surface area contributed by atoms with Crippen molar-refractivity contribution >= 4 is 19.6 Å². The molecule has 4 N–H and O–H groups in total. The molecule has 184 valence electrons. The number of unbranched alkanes of at least 4 members (excludes halogenated alkanes) is 17. The summed E-state index contributed by atoms with van der Waals surface area (Å²) in [5.41, 5.74) is 0. The SMILES string of the molecule is CCCCCCCCCCCCCCCCCCCCSCCCO.O=P(O)(O)O. The van der Waals surface area contributed by atoms with Gasteiger partial charge in [0.1, 0.15) is 0 Å². The Kier molecular flexibility index (Phi) is 29.8. The molecule has 0 rings (SSSR count). The highest BCUT2D eigenvalue weighted by molar-refractivity contribution is 7.99. The zero-order valence-corrected chi connectivity index (χ0v) is 21.3. The first kappa shape index (κ1) is 32.6. The molecule has 0 spiro atoms. The molecule has 0 radical (unpaired) electrons. The standard InChI is InChI=1S/C23H48OS.H3O4P/c1-2-3-4-5-6-7-8-9-10-11-12-13-14-15-16-17-18-19-22-25-23-20-21-24;1-5(2,3)4/h24H,2-23H2,1H3;(H3,1,2,3,4). The minimum atomic E-state index is -4.64. The van der Waals surface area contributed by atoms with Gasteiger partial charge in [-0.1, -0.05) is 116 Å². The highest BCUT2D eigenvalue weighted by Gasteiger charge is 2.00. The number of hydrogen-bond donors (Lipinski definition) is 4. The molecule has 0 aliphatic carbocycles. The second-order valence-electron chi connectivity index (χ2n) is 8.21. The van der Waals surface area contributed by atoms with Crippen LogP contribution in [0.5, 0.6) is 0 Å². The minimum Gasteiger partial charge on any atom is -0.396 e. The van der Waals surface area contributed by atoms with E-state index >= 15 is 0 Å². The van der Waals surface area contributed by atoms with Crippen molar-refractivity contribution < 1.29 is 24.4 Å². The van der Waals surface area contributed by atoms with Gasteiger partial charge < -0.3 is 19.8 Å². The highest BCUT2D eigenvalue weighted by Crippen LogP contribution is 2.25. The predicted octanol–water partition coefficient (Wildman–Crippen LogP) is 7.22. The second-order valence-corrected chi connectivity index (χ2v) is 10.5. The van der Waals surface area contributed by atoms with Crippen molar-refractivity contribution in [2.75, 3.05) is 18.1 Å². The van der Waals surface area contributed by atoms with Crippen LogP contribution in [0, 0.1) is 0 Å². The van der Waals surface area contributed by atoms with E-state index in [0.717, 1.165) is 12.2 Å². The smallest absolute Gasteiger partial charge is 0.396 e. The summed E-state index contributed by atoms with van der Waals surface area (Å²) >= 11 is 2.01. The highest BCUT2D eigenvalue weighted by atomic mass is 32.2. The Morgan fingerprint density at radius 2 is 0.800 bits per heavy atom. The quantitative estimate of drug-likeness (QED) is 0.0985. The van der Waals surface area contributed by atoms with Gasteiger partial charge in [-0.3, -0.25) is 0 Å². The fourth-order valence-corrected chi connectivity index (χ4v) is 4.32. The third-order valence-electron chi connectivity index (χ3n) is 5.09. The molecule has 0 saturated carbocycles. The number of aliphatic hydroxyl groups excluding tert-OH is 1. The first-order valence-electron chi connectivity index (χ1n) is 12.4. The molecule has 0 aromatic heterocycles. The maximum Gasteiger partial charge on any atom is 0.466 e. The summed E-state index contributed by atoms with van der Waals surface area (Å²) in [6.07, 6.45) is 27.0. The average molecular weight is 471 g/mol. The molecule has 0 aliphatic rings. The molecule has 0 aliphatic heterocycles. The van der Waals surface area contributed by atoms with E-state index in [-0.39, 0.29) is 0 Å². The summed E-state index contributed by atoms with van der Waals surface area (Å²) in [6.45, 7) is 2.65. The summed E-state index contributed by atoms with van der Waals surface area (Å²) in [4.78, 5) is 21.6. The zero-order valence-electron chi connectivity index (χ0n) is 19.6. The Morgan fingerprint density at radius 1 is 0.533 bits per heavy atom. The van der Waals surface area contributed by atoms with E-state index in [0.29, 0.717) is 6.61 Å². The lowest BCUT2D eigenvalue weighted by molar-refractivity contribution is 0.275. The van der Waals surface area contributed by atoms with Crippen LogP contribution in [0.4, 0.5) is 0 Å². The normalized spacial score (nSPS) is 11.4. The molecule has 30 heavy (non-hydrogen) atoms. The summed E-state index contributed by atoms with van der Waals surface area (Å²) < 4.78 is 8.88. The first-order valence-corrected chi connectivity index (χ1v) is 15.1. The van der Waals surface area contributed by atoms with E-state index in [4.69, 9.17) is 24.4 Å². The Balaban J connectivity index is 0. The molecule has 0 aromatic carbocycles. The van der Waals surface area contributed by atoms with Crippen molar-refractivity contribution in [2.45, 2.75) is 129 Å². The molecule has 0 amide bonds. The summed E-state index contributed by atoms with van der Waals surface area (Å²) in [5.74, 6) is 2.42. The van der Waals surface area contributed by atoms with Gasteiger partial charge in [0.2, 0.25) is 0 Å². The molecular formula is C23H51O5PS. The lowest BCUT2D eigenvalue weighted by Crippen LogP contribution is -1.88. The van der Waals surface area contributed by atoms with Crippen LogP contribution in [0.25, 0.3) is 0 Å². The van der Waals surface area contributed by atoms with Gasteiger partial charge >= 0.3 is 7.82 Å². The van der Waals surface area contributed by atoms with Gasteiger partial charge in [0.05, 0.1) is 0 Å². The molecule has 0 atom stereocenters. The first-order chi connectivity index (χ1) is 14.4. The zero-order chi connectivity index (χ0) is 22.8. The van der Waals surface area contributed by atoms with Gasteiger partial charge in [0, 0.05) is 6.61 Å². The Bertz CT molecular complexity index is 322. The molecule has 0 aromatic rings. The molecule has 0 fully saturated rings. The van der Waals surface area contributed by atoms with E-state index in [1.54, 1.807) is 0 Å². The van der Waals surface area contributed by atoms with Gasteiger partial charge in [0.15, 0.2) is 0 Å². The fraction of sp³-hybridized carbons (Fsp3) is 1.00. The lowest BCUT2D eigenvalue weighted by Gasteiger charge is -2.04. The third kappa shape index (κ3) is 42.5. The van der Waals surface area contributed by atoms with Gasteiger partial charge in [-0.05, 0) is 24.3 Å². The van der Waals surface area contributed by atoms with E-state index in [9.17, 15) is 0 Å². The van der Waals surface area contributed by atoms with Crippen LogP contribution in [0.15, 0.2) is 0 Å². The summed E-state index contributed by atoms with van der Waals surface area (Å²) in [5, 5.41) is 8.71. The molecular weight excluding hydrogens is 419 g/mol. The van der Waals surface area contributed by atoms with Gasteiger partial charge in [-0.15, -0.1) is 0 Å². The molecule has 0 bridgehead atoms. The monoisotopic (exact) mass is 470 g/mol. The molecule has 5 nitrogen and oxygen atoms in total. The van der Waals surface area contributed by atoms with Crippen LogP contribution >= 0.6 is 19.6 Å². The van der Waals surface area contributed by atoms with Crippen molar-refractivity contribution in [1.29, 1.82) is 0 Å². The Hall–Kier alpha value is 0.420. The van der Waals surface area contributed by atoms with Crippen molar-refractivity contribution in [3.05, 3.63) is 0 Å². The summed E-state index contributed by atoms with van der Waals surface area (Å²) in [6, 6.07) is 0. The molecule has 0 saturated heterocycles. The van der Waals surface area contributed by atoms with Gasteiger partial charge in [0.25, 0.3) is 0 Å². The van der Waals surface area contributed by atoms with Crippen molar-refractivity contribution in [1.82, 2.24) is 0 Å². The summed E-state index contributed by atoms with van der Waals surface area (Å²) in [7, 11) is -4.64. The molecule has 7 heteroatoms. The van der Waals surface area contributed by atoms with Crippen molar-refractivity contribution in [2.24, 2.45) is 0 Å². The average Bonchev–Trinajstić information content (AvgIpc) is 2.68. The lowest BCUT2D eigenvalue weighted by atomic mass is 10.0. The molecule has 0 heterocycles. The Morgan fingerprint density at radius 3 is 1.10 bits per heavy atom. The van der Waals surface area contributed by atoms with E-state index in [1.807, 2.05) is 11.8 Å². The second kappa shape index (κ2) is 27.5. The van der Waals surface area contributed by atoms with Crippen molar-refractivity contribution in [3.8, 4) is 0 Å². The molecule has 0 unspecified atom stereocenters. The number of phosphoric acid groups is 1. The number of rotatable bonds is 22. The van der Waals surface area contributed by atoms with Gasteiger partial charge in [-0.2, -0.15) is 11.8 Å². The van der Waals surface area contributed by atoms with Gasteiger partial charge in [-0.25, -0.2) is 4.57 Å². The van der Waals surface area contributed by atoms with Crippen LogP contribution in [-0.4, -0.2) is 37.9 Å². The van der Waals surface area contributed by atoms with Crippen molar-refractivity contribution in [3.63, 3.8) is 0 Å². The maximum absolute atomic E-state index is 8.88. The number of thioether (sulfide) groups is 1. The van der Waals surface area contributed by atoms with Crippen LogP contribution in [0.1, 0.15) is 129 Å². The van der Waals surface area contributed by atoms with E-state index in [2.05, 4.69) is 6.92 Å². The topological polar surface area (TPSA) is 98.0 Å². The van der Waals surface area contributed by atoms with Crippen LogP contribution in [0.2, 0.25) is 0 Å². The predicted molar refractivity (Wildman–Crippen MR) is 132 cm³/mol. The Labute approximate surface area is 191 Å². The van der Waals surface area contributed by atoms with E-state index in [1.165, 1.54) is 121 Å². The number of hydrogen-bond acceptors (Lipinski definition) is 3. The number of aliphatic hydroxyl groups is 1. The van der Waals surface area contributed by atoms with Crippen LogP contribution in [0.3, 0.4) is 0 Å². The van der Waals surface area contributed by atoms with Crippen LogP contribution in [-0.2, 0) is 4.57 Å².